The first kappa shape index (κ1) is 25.2. The van der Waals surface area contributed by atoms with Crippen molar-refractivity contribution in [2.45, 2.75) is 19.5 Å². The standard InChI is InChI=1S/C27H30N10O/c1-18-4-3-5-21(32-18)25-30-12-10-23(35-25)34-24-11-13-31-27(36-24)33-20-8-6-19(7-9-20)16-37-15-14-29-22(17-37)26(38)28-2/h3-13,22,29H,14-17H2,1-2H3,(H,28,38)(H2,30,31,33,34,35,36)/t22-/m0/s1. The largest absolute Gasteiger partial charge is 0.358 e. The zero-order valence-electron chi connectivity index (χ0n) is 21.3. The van der Waals surface area contributed by atoms with Crippen LogP contribution in [0.15, 0.2) is 67.0 Å². The Morgan fingerprint density at radius 2 is 1.76 bits per heavy atom. The van der Waals surface area contributed by atoms with E-state index in [-0.39, 0.29) is 11.9 Å². The van der Waals surface area contributed by atoms with Gasteiger partial charge in [-0.15, -0.1) is 0 Å². The Morgan fingerprint density at radius 1 is 0.974 bits per heavy atom. The van der Waals surface area contributed by atoms with E-state index in [1.165, 1.54) is 5.56 Å². The molecule has 0 unspecified atom stereocenters. The first-order valence-electron chi connectivity index (χ1n) is 12.5. The highest BCUT2D eigenvalue weighted by Gasteiger charge is 2.24. The first-order chi connectivity index (χ1) is 18.6. The summed E-state index contributed by atoms with van der Waals surface area (Å²) in [7, 11) is 1.67. The summed E-state index contributed by atoms with van der Waals surface area (Å²) in [5.74, 6) is 2.24. The molecule has 4 aromatic rings. The smallest absolute Gasteiger partial charge is 0.238 e. The van der Waals surface area contributed by atoms with Crippen molar-refractivity contribution >= 4 is 29.2 Å². The molecule has 0 radical (unpaired) electrons. The summed E-state index contributed by atoms with van der Waals surface area (Å²) in [6.07, 6.45) is 3.37. The third-order valence-electron chi connectivity index (χ3n) is 6.12. The van der Waals surface area contributed by atoms with Crippen LogP contribution in [0.2, 0.25) is 0 Å². The van der Waals surface area contributed by atoms with Crippen molar-refractivity contribution in [3.8, 4) is 11.5 Å². The summed E-state index contributed by atoms with van der Waals surface area (Å²) in [5.41, 5.74) is 3.67. The molecule has 0 spiro atoms. The number of carbonyl (C=O) groups excluding carboxylic acids is 1. The van der Waals surface area contributed by atoms with Gasteiger partial charge in [0.05, 0.1) is 6.04 Å². The van der Waals surface area contributed by atoms with E-state index >= 15 is 0 Å². The molecule has 4 heterocycles. The van der Waals surface area contributed by atoms with Crippen LogP contribution in [0, 0.1) is 6.92 Å². The first-order valence-corrected chi connectivity index (χ1v) is 12.5. The molecule has 38 heavy (non-hydrogen) atoms. The topological polar surface area (TPSA) is 133 Å². The Bertz CT molecular complexity index is 1390. The van der Waals surface area contributed by atoms with Gasteiger partial charge in [-0.05, 0) is 48.9 Å². The van der Waals surface area contributed by atoms with Gasteiger partial charge in [0.25, 0.3) is 0 Å². The Morgan fingerprint density at radius 3 is 2.55 bits per heavy atom. The fraction of sp³-hybridized carbons (Fsp3) is 0.259. The molecule has 0 bridgehead atoms. The van der Waals surface area contributed by atoms with Crippen molar-refractivity contribution in [3.05, 3.63) is 78.2 Å². The Hall–Kier alpha value is -4.48. The normalized spacial score (nSPS) is 15.6. The Balaban J connectivity index is 1.20. The van der Waals surface area contributed by atoms with Gasteiger partial charge in [-0.2, -0.15) is 4.98 Å². The molecule has 11 nitrogen and oxygen atoms in total. The van der Waals surface area contributed by atoms with Crippen molar-refractivity contribution in [3.63, 3.8) is 0 Å². The summed E-state index contributed by atoms with van der Waals surface area (Å²) >= 11 is 0. The Kier molecular flexibility index (Phi) is 7.76. The average Bonchev–Trinajstić information content (AvgIpc) is 2.94. The van der Waals surface area contributed by atoms with Crippen LogP contribution in [0.25, 0.3) is 11.5 Å². The molecule has 0 aliphatic carbocycles. The minimum absolute atomic E-state index is 0.0226. The number of nitrogens with one attached hydrogen (secondary N) is 4. The van der Waals surface area contributed by atoms with Crippen LogP contribution in [0.4, 0.5) is 23.3 Å². The number of anilines is 4. The zero-order chi connectivity index (χ0) is 26.3. The van der Waals surface area contributed by atoms with Gasteiger partial charge >= 0.3 is 0 Å². The van der Waals surface area contributed by atoms with Gasteiger partial charge < -0.3 is 21.3 Å². The number of rotatable bonds is 8. The molecule has 1 saturated heterocycles. The molecule has 1 atom stereocenters. The molecule has 1 amide bonds. The van der Waals surface area contributed by atoms with E-state index in [4.69, 9.17) is 0 Å². The van der Waals surface area contributed by atoms with Gasteiger partial charge in [-0.25, -0.2) is 19.9 Å². The second kappa shape index (κ2) is 11.7. The van der Waals surface area contributed by atoms with Crippen LogP contribution >= 0.6 is 0 Å². The number of amides is 1. The van der Waals surface area contributed by atoms with Crippen molar-refractivity contribution in [2.24, 2.45) is 0 Å². The molecule has 3 aromatic heterocycles. The number of aryl methyl sites for hydroxylation is 1. The van der Waals surface area contributed by atoms with E-state index < -0.39 is 0 Å². The van der Waals surface area contributed by atoms with Crippen LogP contribution in [-0.4, -0.2) is 68.5 Å². The second-order valence-corrected chi connectivity index (χ2v) is 9.00. The minimum atomic E-state index is -0.180. The van der Waals surface area contributed by atoms with Crippen LogP contribution in [0.5, 0.6) is 0 Å². The van der Waals surface area contributed by atoms with Gasteiger partial charge in [0.2, 0.25) is 11.9 Å². The van der Waals surface area contributed by atoms with Gasteiger partial charge in [0.1, 0.15) is 17.3 Å². The number of aromatic nitrogens is 5. The number of hydrogen-bond acceptors (Lipinski definition) is 10. The second-order valence-electron chi connectivity index (χ2n) is 9.00. The van der Waals surface area contributed by atoms with Gasteiger partial charge in [-0.1, -0.05) is 18.2 Å². The average molecular weight is 511 g/mol. The lowest BCUT2D eigenvalue weighted by atomic mass is 10.1. The number of likely N-dealkylation sites (N-methyl/N-ethyl adjacent to an activating group) is 1. The molecule has 4 N–H and O–H groups in total. The molecule has 1 aromatic carbocycles. The number of piperazine rings is 1. The third kappa shape index (κ3) is 6.44. The fourth-order valence-corrected chi connectivity index (χ4v) is 4.22. The third-order valence-corrected chi connectivity index (χ3v) is 6.12. The molecule has 1 aliphatic rings. The zero-order valence-corrected chi connectivity index (χ0v) is 21.3. The van der Waals surface area contributed by atoms with Crippen LogP contribution in [-0.2, 0) is 11.3 Å². The predicted octanol–water partition coefficient (Wildman–Crippen LogP) is 2.64. The molecule has 194 valence electrons. The van der Waals surface area contributed by atoms with Gasteiger partial charge in [0, 0.05) is 57.0 Å². The molecule has 11 heteroatoms. The van der Waals surface area contributed by atoms with E-state index in [0.717, 1.165) is 31.0 Å². The monoisotopic (exact) mass is 510 g/mol. The van der Waals surface area contributed by atoms with Crippen LogP contribution in [0.1, 0.15) is 11.3 Å². The number of hydrogen-bond donors (Lipinski definition) is 4. The lowest BCUT2D eigenvalue weighted by Gasteiger charge is -2.32. The van der Waals surface area contributed by atoms with E-state index in [0.29, 0.717) is 35.6 Å². The van der Waals surface area contributed by atoms with Gasteiger partial charge in [0.15, 0.2) is 5.82 Å². The lowest BCUT2D eigenvalue weighted by molar-refractivity contribution is -0.123. The van der Waals surface area contributed by atoms with Crippen LogP contribution < -0.4 is 21.3 Å². The molecular formula is C27H30N10O. The quantitative estimate of drug-likeness (QED) is 0.280. The molecule has 5 rings (SSSR count). The summed E-state index contributed by atoms with van der Waals surface area (Å²) in [4.78, 5) is 36.6. The van der Waals surface area contributed by atoms with Crippen molar-refractivity contribution < 1.29 is 4.79 Å². The SMILES string of the molecule is CNC(=O)[C@@H]1CN(Cc2ccc(Nc3nccc(Nc4ccnc(-c5cccc(C)n5)n4)n3)cc2)CCN1. The summed E-state index contributed by atoms with van der Waals surface area (Å²) in [5, 5.41) is 12.4. The maximum absolute atomic E-state index is 12.0. The van der Waals surface area contributed by atoms with Crippen molar-refractivity contribution in [2.75, 3.05) is 37.3 Å². The number of nitrogens with zero attached hydrogens (tertiary/aromatic N) is 6. The maximum atomic E-state index is 12.0. The highest BCUT2D eigenvalue weighted by molar-refractivity contribution is 5.81. The van der Waals surface area contributed by atoms with E-state index in [2.05, 4.69) is 63.2 Å². The molecular weight excluding hydrogens is 480 g/mol. The summed E-state index contributed by atoms with van der Waals surface area (Å²) in [6.45, 7) is 5.09. The lowest BCUT2D eigenvalue weighted by Crippen LogP contribution is -2.56. The fourth-order valence-electron chi connectivity index (χ4n) is 4.22. The van der Waals surface area contributed by atoms with Gasteiger partial charge in [-0.3, -0.25) is 9.69 Å². The summed E-state index contributed by atoms with van der Waals surface area (Å²) < 4.78 is 0. The Labute approximate surface area is 221 Å². The number of carbonyl (C=O) groups is 1. The van der Waals surface area contributed by atoms with E-state index in [1.54, 1.807) is 31.6 Å². The molecule has 0 saturated carbocycles. The van der Waals surface area contributed by atoms with Crippen LogP contribution in [0.3, 0.4) is 0 Å². The minimum Gasteiger partial charge on any atom is -0.358 e. The molecule has 1 aliphatic heterocycles. The van der Waals surface area contributed by atoms with E-state index in [1.807, 2.05) is 37.3 Å². The summed E-state index contributed by atoms with van der Waals surface area (Å²) in [6, 6.07) is 17.3. The van der Waals surface area contributed by atoms with E-state index in [9.17, 15) is 4.79 Å². The number of pyridine rings is 1. The maximum Gasteiger partial charge on any atom is 0.238 e. The highest BCUT2D eigenvalue weighted by Crippen LogP contribution is 2.20. The molecule has 1 fully saturated rings. The van der Waals surface area contributed by atoms with Crippen molar-refractivity contribution in [1.29, 1.82) is 0 Å². The van der Waals surface area contributed by atoms with Crippen molar-refractivity contribution in [1.82, 2.24) is 40.5 Å². The highest BCUT2D eigenvalue weighted by atomic mass is 16.2. The predicted molar refractivity (Wildman–Crippen MR) is 146 cm³/mol. The number of benzene rings is 1.